The zero-order valence-electron chi connectivity index (χ0n) is 17.7. The second-order valence-electron chi connectivity index (χ2n) is 7.49. The first-order valence-electron chi connectivity index (χ1n) is 10.4. The van der Waals surface area contributed by atoms with Gasteiger partial charge in [-0.3, -0.25) is 4.99 Å². The molecule has 4 N–H and O–H groups in total. The number of ether oxygens (including phenoxy) is 1. The normalized spacial score (nSPS) is 13.3. The second-order valence-corrected chi connectivity index (χ2v) is 7.49. The Hall–Kier alpha value is -2.05. The zero-order chi connectivity index (χ0) is 20.4. The van der Waals surface area contributed by atoms with Gasteiger partial charge in [0.05, 0.1) is 19.3 Å². The van der Waals surface area contributed by atoms with Gasteiger partial charge in [0.1, 0.15) is 0 Å². The fraction of sp³-hybridized carbons (Fsp3) is 0.591. The van der Waals surface area contributed by atoms with E-state index in [1.807, 2.05) is 6.92 Å². The van der Waals surface area contributed by atoms with Crippen LogP contribution in [0.4, 0.5) is 0 Å². The van der Waals surface area contributed by atoms with Crippen LogP contribution in [-0.4, -0.2) is 55.0 Å². The monoisotopic (exact) mass is 388 g/mol. The molecule has 0 amide bonds. The standard InChI is InChI=1S/C22H36N4O2/c1-5-17-8-7-9-20-18(12-25-21(17)20)10-11-24-22(23-6-2)26-13-19(27)15-28-14-16(3)4/h7-9,12,16,19,25,27H,5-6,10-11,13-15H2,1-4H3,(H2,23,24,26). The van der Waals surface area contributed by atoms with Gasteiger partial charge >= 0.3 is 0 Å². The average molecular weight is 389 g/mol. The van der Waals surface area contributed by atoms with E-state index >= 15 is 0 Å². The summed E-state index contributed by atoms with van der Waals surface area (Å²) in [6.07, 6.45) is 3.44. The van der Waals surface area contributed by atoms with Crippen LogP contribution in [0, 0.1) is 5.92 Å². The summed E-state index contributed by atoms with van der Waals surface area (Å²) in [5.74, 6) is 1.19. The number of benzene rings is 1. The molecule has 6 nitrogen and oxygen atoms in total. The molecule has 28 heavy (non-hydrogen) atoms. The van der Waals surface area contributed by atoms with Crippen molar-refractivity contribution in [1.29, 1.82) is 0 Å². The lowest BCUT2D eigenvalue weighted by molar-refractivity contribution is 0.0301. The predicted octanol–water partition coefficient (Wildman–Crippen LogP) is 2.86. The number of aliphatic hydroxyl groups excluding tert-OH is 1. The number of H-pyrrole nitrogens is 1. The zero-order valence-corrected chi connectivity index (χ0v) is 17.7. The summed E-state index contributed by atoms with van der Waals surface area (Å²) in [6.45, 7) is 11.2. The molecule has 0 aliphatic carbocycles. The van der Waals surface area contributed by atoms with Crippen molar-refractivity contribution in [2.45, 2.75) is 46.6 Å². The van der Waals surface area contributed by atoms with Gasteiger partial charge < -0.3 is 25.5 Å². The summed E-state index contributed by atoms with van der Waals surface area (Å²) in [6, 6.07) is 6.47. The average Bonchev–Trinajstić information content (AvgIpc) is 3.09. The third-order valence-corrected chi connectivity index (χ3v) is 4.52. The predicted molar refractivity (Wildman–Crippen MR) is 117 cm³/mol. The highest BCUT2D eigenvalue weighted by molar-refractivity contribution is 5.86. The Labute approximate surface area is 168 Å². The van der Waals surface area contributed by atoms with Crippen molar-refractivity contribution in [3.63, 3.8) is 0 Å². The number of para-hydroxylation sites is 1. The van der Waals surface area contributed by atoms with Crippen molar-refractivity contribution < 1.29 is 9.84 Å². The lowest BCUT2D eigenvalue weighted by atomic mass is 10.1. The van der Waals surface area contributed by atoms with Crippen molar-refractivity contribution in [2.24, 2.45) is 10.9 Å². The maximum atomic E-state index is 10.0. The molecule has 156 valence electrons. The van der Waals surface area contributed by atoms with Crippen molar-refractivity contribution in [2.75, 3.05) is 32.8 Å². The summed E-state index contributed by atoms with van der Waals surface area (Å²) in [5.41, 5.74) is 3.89. The number of fused-ring (bicyclic) bond motifs is 1. The Morgan fingerprint density at radius 3 is 2.71 bits per heavy atom. The number of aliphatic hydroxyl groups is 1. The van der Waals surface area contributed by atoms with Crippen LogP contribution in [0.5, 0.6) is 0 Å². The van der Waals surface area contributed by atoms with E-state index in [9.17, 15) is 5.11 Å². The first-order chi connectivity index (χ1) is 13.5. The molecule has 0 spiro atoms. The summed E-state index contributed by atoms with van der Waals surface area (Å²) in [5, 5.41) is 17.9. The molecule has 0 aliphatic rings. The number of hydrogen-bond donors (Lipinski definition) is 4. The van der Waals surface area contributed by atoms with E-state index < -0.39 is 6.10 Å². The molecule has 1 aromatic carbocycles. The molecule has 1 atom stereocenters. The molecule has 0 aliphatic heterocycles. The van der Waals surface area contributed by atoms with E-state index in [2.05, 4.69) is 65.8 Å². The Morgan fingerprint density at radius 2 is 2.00 bits per heavy atom. The highest BCUT2D eigenvalue weighted by Crippen LogP contribution is 2.22. The minimum Gasteiger partial charge on any atom is -0.389 e. The minimum absolute atomic E-state index is 0.316. The molecular weight excluding hydrogens is 352 g/mol. The van der Waals surface area contributed by atoms with Crippen LogP contribution in [0.3, 0.4) is 0 Å². The van der Waals surface area contributed by atoms with Gasteiger partial charge in [-0.15, -0.1) is 0 Å². The molecule has 1 heterocycles. The largest absolute Gasteiger partial charge is 0.389 e. The molecule has 0 radical (unpaired) electrons. The SMILES string of the molecule is CCNC(=NCC(O)COCC(C)C)NCCc1c[nH]c2c(CC)cccc12. The quantitative estimate of drug-likeness (QED) is 0.352. The maximum Gasteiger partial charge on any atom is 0.191 e. The smallest absolute Gasteiger partial charge is 0.191 e. The summed E-state index contributed by atoms with van der Waals surface area (Å²) in [7, 11) is 0. The third kappa shape index (κ3) is 6.84. The van der Waals surface area contributed by atoms with E-state index in [1.54, 1.807) is 0 Å². The fourth-order valence-electron chi connectivity index (χ4n) is 3.12. The van der Waals surface area contributed by atoms with Crippen LogP contribution in [0.15, 0.2) is 29.4 Å². The van der Waals surface area contributed by atoms with Crippen LogP contribution in [0.2, 0.25) is 0 Å². The number of aryl methyl sites for hydroxylation is 1. The first kappa shape index (κ1) is 22.2. The van der Waals surface area contributed by atoms with E-state index in [1.165, 1.54) is 22.0 Å². The molecule has 2 aromatic rings. The molecule has 1 aromatic heterocycles. The van der Waals surface area contributed by atoms with Crippen molar-refractivity contribution in [3.8, 4) is 0 Å². The molecule has 0 saturated carbocycles. The van der Waals surface area contributed by atoms with E-state index in [0.29, 0.717) is 25.7 Å². The number of rotatable bonds is 11. The van der Waals surface area contributed by atoms with Gasteiger partial charge in [0.2, 0.25) is 0 Å². The van der Waals surface area contributed by atoms with Crippen molar-refractivity contribution >= 4 is 16.9 Å². The van der Waals surface area contributed by atoms with E-state index in [4.69, 9.17) is 4.74 Å². The van der Waals surface area contributed by atoms with Crippen LogP contribution in [0.1, 0.15) is 38.8 Å². The molecule has 0 fully saturated rings. The molecule has 0 saturated heterocycles. The second kappa shape index (κ2) is 11.7. The van der Waals surface area contributed by atoms with Gasteiger partial charge in [-0.05, 0) is 36.8 Å². The fourth-order valence-corrected chi connectivity index (χ4v) is 3.12. The lowest BCUT2D eigenvalue weighted by Gasteiger charge is -2.14. The Morgan fingerprint density at radius 1 is 1.18 bits per heavy atom. The van der Waals surface area contributed by atoms with Gasteiger partial charge in [-0.1, -0.05) is 39.0 Å². The highest BCUT2D eigenvalue weighted by Gasteiger charge is 2.08. The molecule has 0 bridgehead atoms. The number of nitrogens with zero attached hydrogens (tertiary/aromatic N) is 1. The maximum absolute atomic E-state index is 10.0. The van der Waals surface area contributed by atoms with Gasteiger partial charge in [-0.2, -0.15) is 0 Å². The number of guanidine groups is 1. The number of aromatic amines is 1. The summed E-state index contributed by atoms with van der Waals surface area (Å²) in [4.78, 5) is 7.89. The number of aliphatic imine (C=N–C) groups is 1. The lowest BCUT2D eigenvalue weighted by Crippen LogP contribution is -2.39. The Bertz CT molecular complexity index is 739. The molecular formula is C22H36N4O2. The Kier molecular flexibility index (Phi) is 9.31. The number of aromatic nitrogens is 1. The van der Waals surface area contributed by atoms with Gasteiger partial charge in [-0.25, -0.2) is 0 Å². The first-order valence-corrected chi connectivity index (χ1v) is 10.4. The minimum atomic E-state index is -0.588. The van der Waals surface area contributed by atoms with Crippen LogP contribution < -0.4 is 10.6 Å². The third-order valence-electron chi connectivity index (χ3n) is 4.52. The van der Waals surface area contributed by atoms with E-state index in [0.717, 1.165) is 31.9 Å². The molecule has 1 unspecified atom stereocenters. The van der Waals surface area contributed by atoms with Crippen LogP contribution in [-0.2, 0) is 17.6 Å². The van der Waals surface area contributed by atoms with Gasteiger partial charge in [0.25, 0.3) is 0 Å². The summed E-state index contributed by atoms with van der Waals surface area (Å²) < 4.78 is 5.48. The van der Waals surface area contributed by atoms with Gasteiger partial charge in [0.15, 0.2) is 5.96 Å². The van der Waals surface area contributed by atoms with Crippen LogP contribution >= 0.6 is 0 Å². The summed E-state index contributed by atoms with van der Waals surface area (Å²) >= 11 is 0. The van der Waals surface area contributed by atoms with Crippen molar-refractivity contribution in [3.05, 3.63) is 35.5 Å². The van der Waals surface area contributed by atoms with Crippen molar-refractivity contribution in [1.82, 2.24) is 15.6 Å². The molecule has 6 heteroatoms. The number of nitrogens with one attached hydrogen (secondary N) is 3. The van der Waals surface area contributed by atoms with Gasteiger partial charge in [0, 0.05) is 36.8 Å². The van der Waals surface area contributed by atoms with Crippen LogP contribution in [0.25, 0.3) is 10.9 Å². The Balaban J connectivity index is 1.86. The van der Waals surface area contributed by atoms with E-state index in [-0.39, 0.29) is 0 Å². The topological polar surface area (TPSA) is 81.7 Å². The highest BCUT2D eigenvalue weighted by atomic mass is 16.5. The number of hydrogen-bond acceptors (Lipinski definition) is 3. The molecule has 2 rings (SSSR count).